The van der Waals surface area contributed by atoms with E-state index in [-0.39, 0.29) is 6.79 Å². The SMILES string of the molecule is COCCOCOc1ccc2nc3ccccc3c(C(=O)Oc3ccccc3)c2c1. The minimum atomic E-state index is -0.446. The number of hydrogen-bond acceptors (Lipinski definition) is 6. The minimum Gasteiger partial charge on any atom is -0.468 e. The van der Waals surface area contributed by atoms with Crippen molar-refractivity contribution in [3.63, 3.8) is 0 Å². The van der Waals surface area contributed by atoms with Crippen LogP contribution in [0.4, 0.5) is 0 Å². The zero-order valence-electron chi connectivity index (χ0n) is 16.5. The molecule has 30 heavy (non-hydrogen) atoms. The van der Waals surface area contributed by atoms with Crippen LogP contribution in [-0.2, 0) is 9.47 Å². The van der Waals surface area contributed by atoms with Crippen LogP contribution in [0.3, 0.4) is 0 Å². The lowest BCUT2D eigenvalue weighted by Crippen LogP contribution is -2.11. The Hall–Kier alpha value is -3.48. The van der Waals surface area contributed by atoms with Gasteiger partial charge >= 0.3 is 5.97 Å². The van der Waals surface area contributed by atoms with Crippen LogP contribution < -0.4 is 9.47 Å². The molecule has 1 heterocycles. The predicted octanol–water partition coefficient (Wildman–Crippen LogP) is 4.61. The maximum atomic E-state index is 13.2. The molecular formula is C24H21NO5. The van der Waals surface area contributed by atoms with Crippen molar-refractivity contribution in [1.82, 2.24) is 4.98 Å². The highest BCUT2D eigenvalue weighted by Crippen LogP contribution is 2.30. The highest BCUT2D eigenvalue weighted by Gasteiger charge is 2.18. The van der Waals surface area contributed by atoms with Crippen LogP contribution in [0.5, 0.6) is 11.5 Å². The number of fused-ring (bicyclic) bond motifs is 2. The van der Waals surface area contributed by atoms with Gasteiger partial charge in [-0.25, -0.2) is 9.78 Å². The van der Waals surface area contributed by atoms with Crippen molar-refractivity contribution in [3.05, 3.63) is 78.4 Å². The van der Waals surface area contributed by atoms with Crippen molar-refractivity contribution in [2.75, 3.05) is 27.1 Å². The number of ether oxygens (including phenoxy) is 4. The first-order valence-corrected chi connectivity index (χ1v) is 9.55. The quantitative estimate of drug-likeness (QED) is 0.141. The van der Waals surface area contributed by atoms with E-state index in [1.54, 1.807) is 31.4 Å². The van der Waals surface area contributed by atoms with Crippen molar-refractivity contribution in [2.24, 2.45) is 0 Å². The monoisotopic (exact) mass is 403 g/mol. The van der Waals surface area contributed by atoms with Gasteiger partial charge in [0, 0.05) is 17.9 Å². The Labute approximate surface area is 174 Å². The van der Waals surface area contributed by atoms with E-state index >= 15 is 0 Å². The van der Waals surface area contributed by atoms with E-state index in [0.717, 1.165) is 10.9 Å². The molecule has 4 rings (SSSR count). The average molecular weight is 403 g/mol. The number of carbonyl (C=O) groups excluding carboxylic acids is 1. The molecule has 0 atom stereocenters. The van der Waals surface area contributed by atoms with Crippen LogP contribution in [0.15, 0.2) is 72.8 Å². The van der Waals surface area contributed by atoms with Crippen molar-refractivity contribution in [1.29, 1.82) is 0 Å². The summed E-state index contributed by atoms with van der Waals surface area (Å²) in [6.07, 6.45) is 0. The number of hydrogen-bond donors (Lipinski definition) is 0. The first-order valence-electron chi connectivity index (χ1n) is 9.55. The van der Waals surface area contributed by atoms with Crippen LogP contribution in [0.1, 0.15) is 10.4 Å². The van der Waals surface area contributed by atoms with E-state index in [1.807, 2.05) is 48.5 Å². The topological polar surface area (TPSA) is 66.9 Å². The molecule has 0 saturated heterocycles. The van der Waals surface area contributed by atoms with Gasteiger partial charge in [-0.2, -0.15) is 0 Å². The molecule has 0 spiro atoms. The molecule has 0 saturated carbocycles. The highest BCUT2D eigenvalue weighted by atomic mass is 16.7. The number of nitrogens with zero attached hydrogens (tertiary/aromatic N) is 1. The Morgan fingerprint density at radius 1 is 0.833 bits per heavy atom. The van der Waals surface area contributed by atoms with Crippen LogP contribution in [0, 0.1) is 0 Å². The third-order valence-electron chi connectivity index (χ3n) is 4.55. The molecule has 4 aromatic rings. The second-order valence-corrected chi connectivity index (χ2v) is 6.55. The van der Waals surface area contributed by atoms with Gasteiger partial charge in [-0.1, -0.05) is 36.4 Å². The first-order chi connectivity index (χ1) is 14.8. The van der Waals surface area contributed by atoms with Crippen molar-refractivity contribution >= 4 is 27.8 Å². The van der Waals surface area contributed by atoms with Gasteiger partial charge in [-0.15, -0.1) is 0 Å². The van der Waals surface area contributed by atoms with Gasteiger partial charge in [0.05, 0.1) is 29.8 Å². The number of benzene rings is 3. The minimum absolute atomic E-state index is 0.0830. The summed E-state index contributed by atoms with van der Waals surface area (Å²) in [5.41, 5.74) is 1.85. The first kappa shape index (κ1) is 19.8. The van der Waals surface area contributed by atoms with Gasteiger partial charge in [0.15, 0.2) is 6.79 Å². The fraction of sp³-hybridized carbons (Fsp3) is 0.167. The number of aromatic nitrogens is 1. The molecule has 0 aliphatic heterocycles. The molecule has 6 heteroatoms. The lowest BCUT2D eigenvalue weighted by Gasteiger charge is -2.12. The van der Waals surface area contributed by atoms with Gasteiger partial charge in [-0.05, 0) is 36.4 Å². The van der Waals surface area contributed by atoms with Crippen molar-refractivity contribution < 1.29 is 23.7 Å². The van der Waals surface area contributed by atoms with Gasteiger partial charge in [0.1, 0.15) is 11.5 Å². The zero-order chi connectivity index (χ0) is 20.8. The molecule has 0 N–H and O–H groups in total. The Morgan fingerprint density at radius 3 is 2.43 bits per heavy atom. The summed E-state index contributed by atoms with van der Waals surface area (Å²) in [5.74, 6) is 0.611. The molecule has 6 nitrogen and oxygen atoms in total. The van der Waals surface area contributed by atoms with Crippen LogP contribution in [0.25, 0.3) is 21.8 Å². The van der Waals surface area contributed by atoms with Crippen LogP contribution >= 0.6 is 0 Å². The summed E-state index contributed by atoms with van der Waals surface area (Å²) in [6, 6.07) is 21.9. The Kier molecular flexibility index (Phi) is 6.17. The molecule has 0 aliphatic rings. The lowest BCUT2D eigenvalue weighted by molar-refractivity contribution is -0.00841. The van der Waals surface area contributed by atoms with Gasteiger partial charge in [-0.3, -0.25) is 0 Å². The summed E-state index contributed by atoms with van der Waals surface area (Å²) in [7, 11) is 1.61. The Balaban J connectivity index is 1.72. The molecule has 0 radical (unpaired) electrons. The van der Waals surface area contributed by atoms with Crippen LogP contribution in [-0.4, -0.2) is 38.1 Å². The number of carbonyl (C=O) groups is 1. The molecule has 1 aromatic heterocycles. The van der Waals surface area contributed by atoms with Crippen molar-refractivity contribution in [3.8, 4) is 11.5 Å². The highest BCUT2D eigenvalue weighted by molar-refractivity contribution is 6.15. The van der Waals surface area contributed by atoms with E-state index in [9.17, 15) is 4.79 Å². The maximum Gasteiger partial charge on any atom is 0.344 e. The molecular weight excluding hydrogens is 382 g/mol. The normalized spacial score (nSPS) is 11.0. The molecule has 0 fully saturated rings. The summed E-state index contributed by atoms with van der Waals surface area (Å²) < 4.78 is 21.6. The summed E-state index contributed by atoms with van der Waals surface area (Å²) in [6.45, 7) is 1.01. The third kappa shape index (κ3) is 4.40. The summed E-state index contributed by atoms with van der Waals surface area (Å²) in [5, 5.41) is 1.38. The fourth-order valence-corrected chi connectivity index (χ4v) is 3.14. The van der Waals surface area contributed by atoms with E-state index in [4.69, 9.17) is 18.9 Å². The van der Waals surface area contributed by atoms with E-state index in [2.05, 4.69) is 4.98 Å². The van der Waals surface area contributed by atoms with Gasteiger partial charge in [0.25, 0.3) is 0 Å². The molecule has 152 valence electrons. The number of methoxy groups -OCH3 is 1. The Morgan fingerprint density at radius 2 is 1.60 bits per heavy atom. The Bertz CT molecular complexity index is 1160. The molecule has 0 amide bonds. The number of rotatable bonds is 8. The van der Waals surface area contributed by atoms with E-state index in [0.29, 0.717) is 41.2 Å². The molecule has 0 unspecified atom stereocenters. The van der Waals surface area contributed by atoms with Gasteiger partial charge in [0.2, 0.25) is 0 Å². The standard InChI is InChI=1S/C24H21NO5/c1-27-13-14-28-16-29-18-11-12-22-20(15-18)23(19-9-5-6-10-21(19)25-22)24(26)30-17-7-3-2-4-8-17/h2-12,15H,13-14,16H2,1H3. The van der Waals surface area contributed by atoms with E-state index < -0.39 is 5.97 Å². The number of para-hydroxylation sites is 2. The lowest BCUT2D eigenvalue weighted by atomic mass is 10.0. The van der Waals surface area contributed by atoms with Crippen LogP contribution in [0.2, 0.25) is 0 Å². The van der Waals surface area contributed by atoms with Gasteiger partial charge < -0.3 is 18.9 Å². The third-order valence-corrected chi connectivity index (χ3v) is 4.55. The second-order valence-electron chi connectivity index (χ2n) is 6.55. The largest absolute Gasteiger partial charge is 0.468 e. The summed E-state index contributed by atoms with van der Waals surface area (Å²) >= 11 is 0. The van der Waals surface area contributed by atoms with E-state index in [1.165, 1.54) is 0 Å². The molecule has 3 aromatic carbocycles. The average Bonchev–Trinajstić information content (AvgIpc) is 2.78. The summed E-state index contributed by atoms with van der Waals surface area (Å²) in [4.78, 5) is 17.8. The predicted molar refractivity (Wildman–Crippen MR) is 114 cm³/mol. The smallest absolute Gasteiger partial charge is 0.344 e. The maximum absolute atomic E-state index is 13.2. The van der Waals surface area contributed by atoms with Crippen molar-refractivity contribution in [2.45, 2.75) is 0 Å². The second kappa shape index (κ2) is 9.35. The number of esters is 1. The number of pyridine rings is 1. The fourth-order valence-electron chi connectivity index (χ4n) is 3.14. The molecule has 0 bridgehead atoms. The zero-order valence-corrected chi connectivity index (χ0v) is 16.5. The molecule has 0 aliphatic carbocycles.